The molecule has 6 unspecified atom stereocenters. The van der Waals surface area contributed by atoms with Crippen molar-refractivity contribution in [1.82, 2.24) is 0 Å². The van der Waals surface area contributed by atoms with E-state index in [9.17, 15) is 20.1 Å². The fourth-order valence-electron chi connectivity index (χ4n) is 8.68. The Balaban J connectivity index is 1.61. The Labute approximate surface area is 174 Å². The number of fused-ring (bicyclic) bond motifs is 5. The minimum atomic E-state index is -0.748. The molecule has 5 nitrogen and oxygen atoms in total. The van der Waals surface area contributed by atoms with Crippen molar-refractivity contribution in [3.8, 4) is 0 Å². The molecule has 4 rings (SSSR count). The van der Waals surface area contributed by atoms with Gasteiger partial charge in [-0.2, -0.15) is 0 Å². The fraction of sp³-hybridized carbons (Fsp3) is 0.958. The topological polar surface area (TPSA) is 98.0 Å². The van der Waals surface area contributed by atoms with Crippen LogP contribution in [0.2, 0.25) is 0 Å². The zero-order valence-corrected chi connectivity index (χ0v) is 18.3. The predicted molar refractivity (Wildman–Crippen MR) is 110 cm³/mol. The molecular weight excluding hydrogens is 368 g/mol. The van der Waals surface area contributed by atoms with Gasteiger partial charge in [0.1, 0.15) is 0 Å². The van der Waals surface area contributed by atoms with Crippen molar-refractivity contribution in [3.63, 3.8) is 0 Å². The van der Waals surface area contributed by atoms with Gasteiger partial charge in [-0.15, -0.1) is 0 Å². The molecule has 4 fully saturated rings. The van der Waals surface area contributed by atoms with E-state index >= 15 is 0 Å². The summed E-state index contributed by atoms with van der Waals surface area (Å²) in [6.45, 7) is 6.72. The summed E-state index contributed by atoms with van der Waals surface area (Å²) < 4.78 is 0. The lowest BCUT2D eigenvalue weighted by Crippen LogP contribution is -2.62. The van der Waals surface area contributed by atoms with Gasteiger partial charge in [0.2, 0.25) is 0 Å². The van der Waals surface area contributed by atoms with E-state index in [1.807, 2.05) is 0 Å². The molecule has 4 saturated carbocycles. The van der Waals surface area contributed by atoms with E-state index in [2.05, 4.69) is 20.8 Å². The summed E-state index contributed by atoms with van der Waals surface area (Å²) >= 11 is 0. The number of carboxylic acids is 1. The molecule has 0 spiro atoms. The number of hydrogen-bond donors (Lipinski definition) is 4. The molecule has 29 heavy (non-hydrogen) atoms. The Morgan fingerprint density at radius 1 is 1.03 bits per heavy atom. The highest BCUT2D eigenvalue weighted by Gasteiger charge is 2.65. The van der Waals surface area contributed by atoms with Crippen LogP contribution < -0.4 is 0 Å². The third kappa shape index (κ3) is 3.27. The number of aliphatic hydroxyl groups excluding tert-OH is 3. The molecule has 4 N–H and O–H groups in total. The van der Waals surface area contributed by atoms with E-state index in [1.165, 1.54) is 0 Å². The Bertz CT molecular complexity index is 637. The standard InChI is InChI=1S/C24H40O5/c1-13(4-7-21(28)29)16-5-6-17-22-18(12-20(27)24(16,17)3)23(2)9-8-15(25)10-14(23)11-19(22)26/h13-20,22,25-27H,4-12H2,1-3H3,(H,28,29)/t13-,14?,15-,16?,17?,18?,19?,20+,22?,23+,24-/m1/s1. The number of carbonyl (C=O) groups is 1. The van der Waals surface area contributed by atoms with Crippen molar-refractivity contribution >= 4 is 5.97 Å². The first-order chi connectivity index (χ1) is 13.6. The maximum Gasteiger partial charge on any atom is 0.303 e. The highest BCUT2D eigenvalue weighted by atomic mass is 16.4. The second-order valence-corrected chi connectivity index (χ2v) is 11.4. The molecule has 4 aliphatic carbocycles. The van der Waals surface area contributed by atoms with Crippen molar-refractivity contribution in [2.45, 2.75) is 96.9 Å². The van der Waals surface area contributed by atoms with Crippen LogP contribution in [0.3, 0.4) is 0 Å². The van der Waals surface area contributed by atoms with Crippen molar-refractivity contribution in [2.75, 3.05) is 0 Å². The van der Waals surface area contributed by atoms with Gasteiger partial charge in [0, 0.05) is 6.42 Å². The van der Waals surface area contributed by atoms with Crippen molar-refractivity contribution < 1.29 is 25.2 Å². The lowest BCUT2D eigenvalue weighted by atomic mass is 9.43. The molecule has 0 saturated heterocycles. The normalized spacial score (nSPS) is 52.9. The molecule has 0 amide bonds. The summed E-state index contributed by atoms with van der Waals surface area (Å²) in [5.41, 5.74) is -0.143. The van der Waals surface area contributed by atoms with Crippen LogP contribution >= 0.6 is 0 Å². The highest BCUT2D eigenvalue weighted by molar-refractivity contribution is 5.66. The van der Waals surface area contributed by atoms with Gasteiger partial charge in [-0.1, -0.05) is 20.8 Å². The summed E-state index contributed by atoms with van der Waals surface area (Å²) in [7, 11) is 0. The zero-order chi connectivity index (χ0) is 21.1. The van der Waals surface area contributed by atoms with Gasteiger partial charge in [-0.05, 0) is 97.7 Å². The molecule has 166 valence electrons. The smallest absolute Gasteiger partial charge is 0.303 e. The molecule has 0 aromatic carbocycles. The third-order valence-electron chi connectivity index (χ3n) is 10.3. The molecule has 4 aliphatic rings. The summed E-state index contributed by atoms with van der Waals surface area (Å²) in [6, 6.07) is 0. The first-order valence-electron chi connectivity index (χ1n) is 11.8. The number of hydrogen-bond acceptors (Lipinski definition) is 4. The van der Waals surface area contributed by atoms with Crippen molar-refractivity contribution in [3.05, 3.63) is 0 Å². The molecule has 0 aromatic heterocycles. The van der Waals surface area contributed by atoms with Crippen LogP contribution in [0.1, 0.15) is 78.6 Å². The van der Waals surface area contributed by atoms with Crippen LogP contribution in [0.25, 0.3) is 0 Å². The predicted octanol–water partition coefficient (Wildman–Crippen LogP) is 3.45. The van der Waals surface area contributed by atoms with E-state index < -0.39 is 12.1 Å². The largest absolute Gasteiger partial charge is 0.481 e. The second kappa shape index (κ2) is 7.49. The molecule has 0 aromatic rings. The molecule has 5 heteroatoms. The lowest BCUT2D eigenvalue weighted by Gasteiger charge is -2.63. The maximum atomic E-state index is 11.5. The number of aliphatic carboxylic acids is 1. The fourth-order valence-corrected chi connectivity index (χ4v) is 8.68. The van der Waals surface area contributed by atoms with Crippen LogP contribution in [0.5, 0.6) is 0 Å². The maximum absolute atomic E-state index is 11.5. The Hall–Kier alpha value is -0.650. The summed E-state index contributed by atoms with van der Waals surface area (Å²) in [5, 5.41) is 42.0. The van der Waals surface area contributed by atoms with E-state index in [0.29, 0.717) is 30.1 Å². The van der Waals surface area contributed by atoms with E-state index in [-0.39, 0.29) is 41.3 Å². The number of rotatable bonds is 4. The SMILES string of the molecule is C[C@H](CCC(=O)O)C1CCC2C3C(O)CC4C[C@H](O)CC[C@]4(C)C3C[C@H](O)[C@@]21C. The Kier molecular flexibility index (Phi) is 5.57. The minimum absolute atomic E-state index is 0.0957. The van der Waals surface area contributed by atoms with Gasteiger partial charge in [0.15, 0.2) is 0 Å². The lowest BCUT2D eigenvalue weighted by molar-refractivity contribution is -0.207. The van der Waals surface area contributed by atoms with Gasteiger partial charge < -0.3 is 20.4 Å². The van der Waals surface area contributed by atoms with E-state index in [1.54, 1.807) is 0 Å². The zero-order valence-electron chi connectivity index (χ0n) is 18.3. The average Bonchev–Trinajstić information content (AvgIpc) is 3.01. The molecule has 0 radical (unpaired) electrons. The first-order valence-corrected chi connectivity index (χ1v) is 11.8. The Morgan fingerprint density at radius 2 is 1.76 bits per heavy atom. The molecule has 0 aliphatic heterocycles. The minimum Gasteiger partial charge on any atom is -0.481 e. The van der Waals surface area contributed by atoms with Gasteiger partial charge in [0.25, 0.3) is 0 Å². The van der Waals surface area contributed by atoms with Gasteiger partial charge >= 0.3 is 5.97 Å². The number of carboxylic acid groups (broad SMARTS) is 1. The van der Waals surface area contributed by atoms with Crippen LogP contribution in [0, 0.1) is 46.3 Å². The summed E-state index contributed by atoms with van der Waals surface area (Å²) in [6.07, 6.45) is 6.00. The highest BCUT2D eigenvalue weighted by Crippen LogP contribution is 2.68. The van der Waals surface area contributed by atoms with E-state index in [0.717, 1.165) is 44.9 Å². The molecular formula is C24H40O5. The van der Waals surface area contributed by atoms with Gasteiger partial charge in [0.05, 0.1) is 18.3 Å². The van der Waals surface area contributed by atoms with Gasteiger partial charge in [-0.3, -0.25) is 4.79 Å². The summed E-state index contributed by atoms with van der Waals surface area (Å²) in [4.78, 5) is 11.1. The van der Waals surface area contributed by atoms with Crippen molar-refractivity contribution in [2.24, 2.45) is 46.3 Å². The van der Waals surface area contributed by atoms with Crippen molar-refractivity contribution in [1.29, 1.82) is 0 Å². The monoisotopic (exact) mass is 408 g/mol. The molecule has 11 atom stereocenters. The third-order valence-corrected chi connectivity index (χ3v) is 10.3. The van der Waals surface area contributed by atoms with E-state index in [4.69, 9.17) is 5.11 Å². The van der Waals surface area contributed by atoms with Crippen LogP contribution in [0.4, 0.5) is 0 Å². The molecule has 0 heterocycles. The van der Waals surface area contributed by atoms with Gasteiger partial charge in [-0.25, -0.2) is 0 Å². The quantitative estimate of drug-likeness (QED) is 0.571. The van der Waals surface area contributed by atoms with Crippen LogP contribution in [-0.4, -0.2) is 44.7 Å². The van der Waals surface area contributed by atoms with Crippen LogP contribution in [0.15, 0.2) is 0 Å². The Morgan fingerprint density at radius 3 is 2.45 bits per heavy atom. The average molecular weight is 409 g/mol. The molecule has 0 bridgehead atoms. The first kappa shape index (κ1) is 21.6. The van der Waals surface area contributed by atoms with Crippen LogP contribution in [-0.2, 0) is 4.79 Å². The number of aliphatic hydroxyl groups is 3. The second-order valence-electron chi connectivity index (χ2n) is 11.4. The summed E-state index contributed by atoms with van der Waals surface area (Å²) in [5.74, 6) is 0.997.